The normalized spacial score (nSPS) is 31.4. The number of piperazine rings is 1. The lowest BCUT2D eigenvalue weighted by Crippen LogP contribution is -2.50. The van der Waals surface area contributed by atoms with Gasteiger partial charge in [0.15, 0.2) is 9.84 Å². The number of hydrogen-bond donors (Lipinski definition) is 1. The molecule has 5 heteroatoms. The van der Waals surface area contributed by atoms with Crippen molar-refractivity contribution in [1.82, 2.24) is 10.2 Å². The Morgan fingerprint density at radius 2 is 2.00 bits per heavy atom. The lowest BCUT2D eigenvalue weighted by atomic mass is 10.0. The first kappa shape index (κ1) is 13.1. The first-order chi connectivity index (χ1) is 9.14. The summed E-state index contributed by atoms with van der Waals surface area (Å²) in [4.78, 5) is 2.35. The van der Waals surface area contributed by atoms with Gasteiger partial charge in [-0.15, -0.1) is 0 Å². The van der Waals surface area contributed by atoms with E-state index in [0.29, 0.717) is 17.5 Å². The van der Waals surface area contributed by atoms with Gasteiger partial charge in [-0.05, 0) is 12.0 Å². The van der Waals surface area contributed by atoms with Crippen molar-refractivity contribution in [3.05, 3.63) is 35.9 Å². The standard InChI is InChI=1S/C14H20N2O2S/c17-19(18)9-6-13(11-19)16-8-7-15-14(10-16)12-4-2-1-3-5-12/h1-5,13-15H,6-11H2. The average Bonchev–Trinajstić information content (AvgIpc) is 2.80. The Morgan fingerprint density at radius 1 is 1.21 bits per heavy atom. The van der Waals surface area contributed by atoms with Crippen LogP contribution in [0.15, 0.2) is 30.3 Å². The number of benzene rings is 1. The fourth-order valence-electron chi connectivity index (χ4n) is 3.08. The van der Waals surface area contributed by atoms with Crippen molar-refractivity contribution >= 4 is 9.84 Å². The highest BCUT2D eigenvalue weighted by atomic mass is 32.2. The maximum Gasteiger partial charge on any atom is 0.151 e. The molecule has 2 fully saturated rings. The smallest absolute Gasteiger partial charge is 0.151 e. The highest BCUT2D eigenvalue weighted by molar-refractivity contribution is 7.91. The van der Waals surface area contributed by atoms with Crippen LogP contribution >= 0.6 is 0 Å². The molecule has 2 atom stereocenters. The summed E-state index contributed by atoms with van der Waals surface area (Å²) in [5.74, 6) is 0.701. The maximum absolute atomic E-state index is 11.6. The third kappa shape index (κ3) is 2.99. The molecule has 0 radical (unpaired) electrons. The first-order valence-corrected chi connectivity index (χ1v) is 8.69. The van der Waals surface area contributed by atoms with Crippen LogP contribution in [-0.2, 0) is 9.84 Å². The van der Waals surface area contributed by atoms with Crippen LogP contribution in [0.1, 0.15) is 18.0 Å². The van der Waals surface area contributed by atoms with Gasteiger partial charge in [0.2, 0.25) is 0 Å². The summed E-state index contributed by atoms with van der Waals surface area (Å²) in [5.41, 5.74) is 1.29. The van der Waals surface area contributed by atoms with Crippen molar-refractivity contribution in [2.24, 2.45) is 0 Å². The molecule has 4 nitrogen and oxygen atoms in total. The summed E-state index contributed by atoms with van der Waals surface area (Å²) in [5, 5.41) is 3.52. The van der Waals surface area contributed by atoms with Crippen molar-refractivity contribution in [3.8, 4) is 0 Å². The van der Waals surface area contributed by atoms with Gasteiger partial charge in [-0.2, -0.15) is 0 Å². The molecular weight excluding hydrogens is 260 g/mol. The third-order valence-corrected chi connectivity index (χ3v) is 5.88. The van der Waals surface area contributed by atoms with Gasteiger partial charge in [0.05, 0.1) is 11.5 Å². The summed E-state index contributed by atoms with van der Waals surface area (Å²) < 4.78 is 23.2. The van der Waals surface area contributed by atoms with Gasteiger partial charge < -0.3 is 5.32 Å². The van der Waals surface area contributed by atoms with Gasteiger partial charge in [-0.25, -0.2) is 8.42 Å². The molecule has 0 aliphatic carbocycles. The minimum Gasteiger partial charge on any atom is -0.308 e. The number of nitrogens with zero attached hydrogens (tertiary/aromatic N) is 1. The van der Waals surface area contributed by atoms with Crippen LogP contribution in [-0.4, -0.2) is 50.5 Å². The fourth-order valence-corrected chi connectivity index (χ4v) is 4.84. The van der Waals surface area contributed by atoms with E-state index in [1.165, 1.54) is 5.56 Å². The van der Waals surface area contributed by atoms with Crippen LogP contribution in [0.4, 0.5) is 0 Å². The molecule has 0 spiro atoms. The molecule has 2 aliphatic rings. The summed E-state index contributed by atoms with van der Waals surface area (Å²) in [6.07, 6.45) is 0.795. The highest BCUT2D eigenvalue weighted by Crippen LogP contribution is 2.23. The Bertz CT molecular complexity index is 530. The molecule has 2 heterocycles. The van der Waals surface area contributed by atoms with Crippen LogP contribution in [0.3, 0.4) is 0 Å². The number of rotatable bonds is 2. The molecule has 2 saturated heterocycles. The Labute approximate surface area is 114 Å². The van der Waals surface area contributed by atoms with E-state index in [1.807, 2.05) is 6.07 Å². The Morgan fingerprint density at radius 3 is 2.68 bits per heavy atom. The third-order valence-electron chi connectivity index (χ3n) is 4.13. The van der Waals surface area contributed by atoms with Gasteiger partial charge in [0, 0.05) is 31.7 Å². The Balaban J connectivity index is 1.69. The molecule has 2 unspecified atom stereocenters. The zero-order chi connectivity index (χ0) is 13.3. The molecule has 3 rings (SSSR count). The van der Waals surface area contributed by atoms with E-state index < -0.39 is 9.84 Å². The molecule has 1 aromatic rings. The molecule has 19 heavy (non-hydrogen) atoms. The SMILES string of the molecule is O=S1(=O)CCC(N2CCNC(c3ccccc3)C2)C1. The summed E-state index contributed by atoms with van der Waals surface area (Å²) in [7, 11) is -2.79. The molecular formula is C14H20N2O2S. The molecule has 104 valence electrons. The quantitative estimate of drug-likeness (QED) is 0.871. The van der Waals surface area contributed by atoms with Gasteiger partial charge >= 0.3 is 0 Å². The molecule has 2 aliphatic heterocycles. The van der Waals surface area contributed by atoms with E-state index in [0.717, 1.165) is 26.1 Å². The minimum absolute atomic E-state index is 0.221. The second kappa shape index (κ2) is 5.23. The van der Waals surface area contributed by atoms with E-state index in [2.05, 4.69) is 34.5 Å². The van der Waals surface area contributed by atoms with E-state index in [-0.39, 0.29) is 6.04 Å². The minimum atomic E-state index is -2.79. The molecule has 0 bridgehead atoms. The van der Waals surface area contributed by atoms with Crippen molar-refractivity contribution in [1.29, 1.82) is 0 Å². The predicted molar refractivity (Wildman–Crippen MR) is 75.8 cm³/mol. The Kier molecular flexibility index (Phi) is 3.60. The molecule has 1 aromatic carbocycles. The van der Waals surface area contributed by atoms with Crippen molar-refractivity contribution < 1.29 is 8.42 Å². The number of sulfone groups is 1. The van der Waals surface area contributed by atoms with Crippen LogP contribution in [0.5, 0.6) is 0 Å². The fraction of sp³-hybridized carbons (Fsp3) is 0.571. The van der Waals surface area contributed by atoms with E-state index in [4.69, 9.17) is 0 Å². The van der Waals surface area contributed by atoms with E-state index in [1.54, 1.807) is 0 Å². The second-order valence-corrected chi connectivity index (χ2v) is 7.70. The van der Waals surface area contributed by atoms with Gasteiger partial charge in [-0.1, -0.05) is 30.3 Å². The first-order valence-electron chi connectivity index (χ1n) is 6.87. The summed E-state index contributed by atoms with van der Waals surface area (Å²) in [6, 6.07) is 10.9. The van der Waals surface area contributed by atoms with Gasteiger partial charge in [0.1, 0.15) is 0 Å². The van der Waals surface area contributed by atoms with Crippen LogP contribution in [0.2, 0.25) is 0 Å². The maximum atomic E-state index is 11.6. The Hall–Kier alpha value is -0.910. The summed E-state index contributed by atoms with van der Waals surface area (Å²) >= 11 is 0. The monoisotopic (exact) mass is 280 g/mol. The molecule has 0 amide bonds. The van der Waals surface area contributed by atoms with Crippen molar-refractivity contribution in [2.45, 2.75) is 18.5 Å². The topological polar surface area (TPSA) is 49.4 Å². The highest BCUT2D eigenvalue weighted by Gasteiger charge is 2.34. The molecule has 0 aromatic heterocycles. The van der Waals surface area contributed by atoms with Crippen molar-refractivity contribution in [3.63, 3.8) is 0 Å². The largest absolute Gasteiger partial charge is 0.308 e. The van der Waals surface area contributed by atoms with Crippen LogP contribution in [0, 0.1) is 0 Å². The predicted octanol–water partition coefficient (Wildman–Crippen LogP) is 0.820. The zero-order valence-corrected chi connectivity index (χ0v) is 11.8. The lowest BCUT2D eigenvalue weighted by Gasteiger charge is -2.37. The second-order valence-electron chi connectivity index (χ2n) is 5.47. The number of nitrogens with one attached hydrogen (secondary N) is 1. The van der Waals surface area contributed by atoms with Gasteiger partial charge in [0.25, 0.3) is 0 Å². The average molecular weight is 280 g/mol. The zero-order valence-electron chi connectivity index (χ0n) is 11.0. The van der Waals surface area contributed by atoms with Crippen LogP contribution in [0.25, 0.3) is 0 Å². The van der Waals surface area contributed by atoms with E-state index >= 15 is 0 Å². The summed E-state index contributed by atoms with van der Waals surface area (Å²) in [6.45, 7) is 2.78. The molecule has 1 N–H and O–H groups in total. The van der Waals surface area contributed by atoms with Crippen LogP contribution < -0.4 is 5.32 Å². The van der Waals surface area contributed by atoms with E-state index in [9.17, 15) is 8.42 Å². The lowest BCUT2D eigenvalue weighted by molar-refractivity contribution is 0.156. The van der Waals surface area contributed by atoms with Gasteiger partial charge in [-0.3, -0.25) is 4.90 Å². The van der Waals surface area contributed by atoms with Crippen molar-refractivity contribution in [2.75, 3.05) is 31.1 Å². The number of hydrogen-bond acceptors (Lipinski definition) is 4. The molecule has 0 saturated carbocycles.